The van der Waals surface area contributed by atoms with E-state index >= 15 is 0 Å². The summed E-state index contributed by atoms with van der Waals surface area (Å²) in [5, 5.41) is 12.1. The topological polar surface area (TPSA) is 37.3 Å². The van der Waals surface area contributed by atoms with Gasteiger partial charge in [-0.3, -0.25) is 0 Å². The van der Waals surface area contributed by atoms with Gasteiger partial charge in [-0.2, -0.15) is 0 Å². The van der Waals surface area contributed by atoms with Crippen molar-refractivity contribution in [1.29, 1.82) is 0 Å². The second kappa shape index (κ2) is 7.32. The average molecular weight is 445 g/mol. The van der Waals surface area contributed by atoms with E-state index < -0.39 is 0 Å². The van der Waals surface area contributed by atoms with Crippen molar-refractivity contribution < 1.29 is 9.90 Å². The first-order valence-electron chi connectivity index (χ1n) is 13.8. The van der Waals surface area contributed by atoms with Gasteiger partial charge in [0.25, 0.3) is 0 Å². The summed E-state index contributed by atoms with van der Waals surface area (Å²) in [5.74, 6) is 2.13. The first-order chi connectivity index (χ1) is 14.6. The molecule has 0 unspecified atom stereocenters. The Morgan fingerprint density at radius 1 is 0.875 bits per heavy atom. The molecule has 0 heterocycles. The minimum Gasteiger partial charge on any atom is -0.393 e. The van der Waals surface area contributed by atoms with Gasteiger partial charge < -0.3 is 9.90 Å². The van der Waals surface area contributed by atoms with Crippen molar-refractivity contribution in [1.82, 2.24) is 0 Å². The lowest BCUT2D eigenvalue weighted by Gasteiger charge is -2.78. The summed E-state index contributed by atoms with van der Waals surface area (Å²) >= 11 is 0. The summed E-state index contributed by atoms with van der Waals surface area (Å²) in [6, 6.07) is 0. The third-order valence-electron chi connectivity index (χ3n) is 13.9. The van der Waals surface area contributed by atoms with Crippen molar-refractivity contribution in [3.8, 4) is 0 Å². The number of ketones is 1. The zero-order valence-corrected chi connectivity index (χ0v) is 22.7. The van der Waals surface area contributed by atoms with Crippen molar-refractivity contribution in [2.45, 2.75) is 133 Å². The number of aliphatic hydroxyl groups excluding tert-OH is 1. The SMILES string of the molecule is CC(=O)CC[C@@H](C)[C@H]1CC[C@]2(C)[C@]1(C)[C@@H](O)C[C@@]1(C)[C@@]2(C)CC[C@]2(C)C[C@H](C)CC[C@@]21C. The van der Waals surface area contributed by atoms with Crippen molar-refractivity contribution >= 4 is 5.78 Å². The highest BCUT2D eigenvalue weighted by molar-refractivity contribution is 5.75. The molecule has 4 aliphatic carbocycles. The van der Waals surface area contributed by atoms with Gasteiger partial charge in [0, 0.05) is 11.8 Å². The number of fused-ring (bicyclic) bond motifs is 5. The molecule has 0 amide bonds. The molecule has 0 aliphatic heterocycles. The quantitative estimate of drug-likeness (QED) is 0.480. The largest absolute Gasteiger partial charge is 0.393 e. The van der Waals surface area contributed by atoms with Crippen LogP contribution in [0.15, 0.2) is 0 Å². The Balaban J connectivity index is 1.77. The molecule has 184 valence electrons. The molecule has 1 N–H and O–H groups in total. The lowest BCUT2D eigenvalue weighted by atomic mass is 9.26. The highest BCUT2D eigenvalue weighted by Crippen LogP contribution is 2.84. The molecule has 0 saturated heterocycles. The smallest absolute Gasteiger partial charge is 0.129 e. The van der Waals surface area contributed by atoms with E-state index in [1.807, 2.05) is 0 Å². The monoisotopic (exact) mass is 444 g/mol. The number of aliphatic hydroxyl groups is 1. The Bertz CT molecular complexity index is 775. The van der Waals surface area contributed by atoms with E-state index in [4.69, 9.17) is 0 Å². The van der Waals surface area contributed by atoms with E-state index in [0.717, 1.165) is 18.8 Å². The van der Waals surface area contributed by atoms with Gasteiger partial charge in [-0.15, -0.1) is 0 Å². The molecular formula is C30H52O2. The Morgan fingerprint density at radius 3 is 2.12 bits per heavy atom. The van der Waals surface area contributed by atoms with Crippen LogP contribution in [0.4, 0.5) is 0 Å². The number of Topliss-reactive ketones (excluding diaryl/α,β-unsaturated/α-hetero) is 1. The predicted molar refractivity (Wildman–Crippen MR) is 133 cm³/mol. The van der Waals surface area contributed by atoms with E-state index in [1.54, 1.807) is 6.92 Å². The maximum Gasteiger partial charge on any atom is 0.129 e. The van der Waals surface area contributed by atoms with Crippen LogP contribution in [0.5, 0.6) is 0 Å². The molecule has 0 radical (unpaired) electrons. The molecule has 4 saturated carbocycles. The minimum atomic E-state index is -0.253. The molecule has 32 heavy (non-hydrogen) atoms. The maximum absolute atomic E-state index is 12.1. The molecule has 10 atom stereocenters. The van der Waals surface area contributed by atoms with Crippen molar-refractivity contribution in [3.63, 3.8) is 0 Å². The highest BCUT2D eigenvalue weighted by Gasteiger charge is 2.78. The fourth-order valence-corrected chi connectivity index (χ4v) is 11.0. The van der Waals surface area contributed by atoms with E-state index in [0.29, 0.717) is 29.5 Å². The fourth-order valence-electron chi connectivity index (χ4n) is 11.0. The number of carbonyl (C=O) groups excluding carboxylic acids is 1. The minimum absolute atomic E-state index is 0.0659. The first kappa shape index (κ1) is 24.7. The molecule has 0 spiro atoms. The summed E-state index contributed by atoms with van der Waals surface area (Å²) < 4.78 is 0. The Morgan fingerprint density at radius 2 is 1.50 bits per heavy atom. The van der Waals surface area contributed by atoms with Gasteiger partial charge in [-0.25, -0.2) is 0 Å². The molecule has 0 aromatic rings. The molecule has 0 bridgehead atoms. The standard InChI is InChI=1S/C30H52O2/c1-20-12-14-26(5)25(4,18-20)16-17-27(6)28(7)15-13-23(21(2)10-11-22(3)31)30(28,9)24(32)19-29(26,27)8/h20-21,23-24,32H,10-19H2,1-9H3/t20-,21-,23-,24+,25-,26+,27+,28+,29-,30+/m1/s1. The Labute approximate surface area is 198 Å². The van der Waals surface area contributed by atoms with Crippen LogP contribution < -0.4 is 0 Å². The number of carbonyl (C=O) groups is 1. The van der Waals surface area contributed by atoms with Gasteiger partial charge in [-0.1, -0.05) is 61.8 Å². The molecule has 4 aliphatic rings. The second-order valence-electron chi connectivity index (χ2n) is 14.6. The summed E-state index contributed by atoms with van der Waals surface area (Å²) in [6.07, 6.45) is 11.4. The summed E-state index contributed by atoms with van der Waals surface area (Å²) in [6.45, 7) is 22.0. The van der Waals surface area contributed by atoms with Gasteiger partial charge in [0.1, 0.15) is 5.78 Å². The van der Waals surface area contributed by atoms with Gasteiger partial charge in [0.15, 0.2) is 0 Å². The van der Waals surface area contributed by atoms with Crippen LogP contribution in [0, 0.1) is 50.2 Å². The van der Waals surface area contributed by atoms with Crippen LogP contribution in [-0.4, -0.2) is 17.0 Å². The molecular weight excluding hydrogens is 392 g/mol. The van der Waals surface area contributed by atoms with Gasteiger partial charge in [-0.05, 0) is 103 Å². The number of hydrogen-bond donors (Lipinski definition) is 1. The predicted octanol–water partition coefficient (Wildman–Crippen LogP) is 7.82. The van der Waals surface area contributed by atoms with E-state index in [9.17, 15) is 9.90 Å². The normalized spacial score (nSPS) is 56.1. The molecule has 0 aromatic carbocycles. The van der Waals surface area contributed by atoms with Gasteiger partial charge >= 0.3 is 0 Å². The van der Waals surface area contributed by atoms with Crippen LogP contribution >= 0.6 is 0 Å². The molecule has 2 nitrogen and oxygen atoms in total. The Kier molecular flexibility index (Phi) is 5.66. The van der Waals surface area contributed by atoms with Crippen LogP contribution in [-0.2, 0) is 4.79 Å². The first-order valence-corrected chi connectivity index (χ1v) is 13.8. The van der Waals surface area contributed by atoms with Crippen LogP contribution in [0.2, 0.25) is 0 Å². The summed E-state index contributed by atoms with van der Waals surface area (Å²) in [4.78, 5) is 11.7. The number of hydrogen-bond acceptors (Lipinski definition) is 2. The zero-order chi connectivity index (χ0) is 24.0. The molecule has 2 heteroatoms. The highest BCUT2D eigenvalue weighted by atomic mass is 16.3. The maximum atomic E-state index is 12.1. The van der Waals surface area contributed by atoms with E-state index in [2.05, 4.69) is 55.4 Å². The van der Waals surface area contributed by atoms with Gasteiger partial charge in [0.2, 0.25) is 0 Å². The molecule has 0 aromatic heterocycles. The van der Waals surface area contributed by atoms with Crippen LogP contribution in [0.3, 0.4) is 0 Å². The lowest BCUT2D eigenvalue weighted by Crippen LogP contribution is -2.73. The van der Waals surface area contributed by atoms with Crippen molar-refractivity contribution in [2.24, 2.45) is 50.2 Å². The van der Waals surface area contributed by atoms with Crippen LogP contribution in [0.1, 0.15) is 127 Å². The average Bonchev–Trinajstić information content (AvgIpc) is 2.99. The third-order valence-corrected chi connectivity index (χ3v) is 13.9. The third kappa shape index (κ3) is 2.71. The lowest BCUT2D eigenvalue weighted by molar-refractivity contribution is -0.313. The summed E-state index contributed by atoms with van der Waals surface area (Å²) in [7, 11) is 0. The van der Waals surface area contributed by atoms with Crippen LogP contribution in [0.25, 0.3) is 0 Å². The van der Waals surface area contributed by atoms with E-state index in [-0.39, 0.29) is 33.2 Å². The second-order valence-corrected chi connectivity index (χ2v) is 14.6. The van der Waals surface area contributed by atoms with Crippen molar-refractivity contribution in [2.75, 3.05) is 0 Å². The molecule has 4 rings (SSSR count). The summed E-state index contributed by atoms with van der Waals surface area (Å²) in [5.41, 5.74) is 1.12. The van der Waals surface area contributed by atoms with Crippen molar-refractivity contribution in [3.05, 3.63) is 0 Å². The zero-order valence-electron chi connectivity index (χ0n) is 22.7. The van der Waals surface area contributed by atoms with E-state index in [1.165, 1.54) is 44.9 Å². The number of rotatable bonds is 4. The molecule has 4 fully saturated rings. The Hall–Kier alpha value is -0.370. The van der Waals surface area contributed by atoms with Gasteiger partial charge in [0.05, 0.1) is 6.10 Å². The fraction of sp³-hybridized carbons (Fsp3) is 0.967.